The maximum absolute atomic E-state index is 5.40. The first-order valence-electron chi connectivity index (χ1n) is 8.51. The summed E-state index contributed by atoms with van der Waals surface area (Å²) < 4.78 is 26.9. The molecule has 1 N–H and O–H groups in total. The minimum absolute atomic E-state index is 0.591. The van der Waals surface area contributed by atoms with Crippen LogP contribution in [0, 0.1) is 0 Å². The molecular weight excluding hydrogens is 286 g/mol. The fraction of sp³-hybridized carbons (Fsp3) is 1.00. The molecule has 0 bridgehead atoms. The summed E-state index contributed by atoms with van der Waals surface area (Å²) in [6.45, 7) is 12.6. The summed E-state index contributed by atoms with van der Waals surface area (Å²) in [5.74, 6) is 0. The highest BCUT2D eigenvalue weighted by Gasteiger charge is 1.93. The number of hydrogen-bond acceptors (Lipinski definition) is 6. The number of hydrogen-bond donors (Lipinski definition) is 1. The Hall–Kier alpha value is -0.240. The standard InChI is InChI=1S/C16H35NO5/c1-3-5-7-18-9-11-20-13-15-22-16-14-21-12-10-19-8-6-17-4-2/h17H,3-16H2,1-2H3. The quantitative estimate of drug-likeness (QED) is 0.364. The van der Waals surface area contributed by atoms with Crippen LogP contribution in [0.3, 0.4) is 0 Å². The molecule has 0 aromatic carbocycles. The zero-order valence-electron chi connectivity index (χ0n) is 14.4. The second-order valence-electron chi connectivity index (χ2n) is 4.77. The Morgan fingerprint density at radius 2 is 0.955 bits per heavy atom. The third-order valence-corrected chi connectivity index (χ3v) is 2.80. The van der Waals surface area contributed by atoms with Crippen molar-refractivity contribution in [2.75, 3.05) is 79.2 Å². The van der Waals surface area contributed by atoms with Gasteiger partial charge in [-0.05, 0) is 13.0 Å². The summed E-state index contributed by atoms with van der Waals surface area (Å²) in [6, 6.07) is 0. The van der Waals surface area contributed by atoms with Gasteiger partial charge in [0.25, 0.3) is 0 Å². The van der Waals surface area contributed by atoms with Gasteiger partial charge in [-0.25, -0.2) is 0 Å². The summed E-state index contributed by atoms with van der Waals surface area (Å²) in [4.78, 5) is 0. The van der Waals surface area contributed by atoms with Crippen molar-refractivity contribution in [3.8, 4) is 0 Å². The Balaban J connectivity index is 2.91. The first kappa shape index (κ1) is 21.8. The lowest BCUT2D eigenvalue weighted by Gasteiger charge is -2.08. The molecule has 6 nitrogen and oxygen atoms in total. The lowest BCUT2D eigenvalue weighted by atomic mass is 10.4. The molecule has 0 saturated carbocycles. The van der Waals surface area contributed by atoms with E-state index in [4.69, 9.17) is 23.7 Å². The van der Waals surface area contributed by atoms with Crippen LogP contribution in [-0.2, 0) is 23.7 Å². The van der Waals surface area contributed by atoms with Crippen molar-refractivity contribution in [1.82, 2.24) is 5.32 Å². The van der Waals surface area contributed by atoms with E-state index in [1.807, 2.05) is 0 Å². The fourth-order valence-corrected chi connectivity index (χ4v) is 1.55. The van der Waals surface area contributed by atoms with Gasteiger partial charge < -0.3 is 29.0 Å². The molecule has 0 fully saturated rings. The van der Waals surface area contributed by atoms with Crippen LogP contribution < -0.4 is 5.32 Å². The average Bonchev–Trinajstić information content (AvgIpc) is 2.54. The van der Waals surface area contributed by atoms with Crippen LogP contribution in [0.4, 0.5) is 0 Å². The molecule has 0 radical (unpaired) electrons. The molecule has 0 aromatic rings. The molecule has 0 saturated heterocycles. The fourth-order valence-electron chi connectivity index (χ4n) is 1.55. The first-order valence-corrected chi connectivity index (χ1v) is 8.51. The predicted octanol–water partition coefficient (Wildman–Crippen LogP) is 1.48. The zero-order valence-corrected chi connectivity index (χ0v) is 14.4. The molecule has 0 aliphatic heterocycles. The molecule has 0 aromatic heterocycles. The molecule has 0 amide bonds. The van der Waals surface area contributed by atoms with E-state index in [1.54, 1.807) is 0 Å². The van der Waals surface area contributed by atoms with Crippen molar-refractivity contribution in [2.24, 2.45) is 0 Å². The van der Waals surface area contributed by atoms with Crippen LogP contribution in [-0.4, -0.2) is 79.2 Å². The van der Waals surface area contributed by atoms with Gasteiger partial charge in [-0.2, -0.15) is 0 Å². The van der Waals surface area contributed by atoms with Crippen molar-refractivity contribution in [3.05, 3.63) is 0 Å². The van der Waals surface area contributed by atoms with Crippen molar-refractivity contribution < 1.29 is 23.7 Å². The second-order valence-corrected chi connectivity index (χ2v) is 4.77. The average molecular weight is 321 g/mol. The van der Waals surface area contributed by atoms with Crippen molar-refractivity contribution in [2.45, 2.75) is 26.7 Å². The number of unbranched alkanes of at least 4 members (excludes halogenated alkanes) is 1. The summed E-state index contributed by atoms with van der Waals surface area (Å²) in [7, 11) is 0. The van der Waals surface area contributed by atoms with Gasteiger partial charge in [-0.15, -0.1) is 0 Å². The van der Waals surface area contributed by atoms with Crippen LogP contribution in [0.1, 0.15) is 26.7 Å². The van der Waals surface area contributed by atoms with Gasteiger partial charge in [0, 0.05) is 13.2 Å². The number of nitrogens with one attached hydrogen (secondary N) is 1. The summed E-state index contributed by atoms with van der Waals surface area (Å²) in [5.41, 5.74) is 0. The predicted molar refractivity (Wildman–Crippen MR) is 87.5 cm³/mol. The summed E-state index contributed by atoms with van der Waals surface area (Å²) >= 11 is 0. The van der Waals surface area contributed by atoms with E-state index in [9.17, 15) is 0 Å². The maximum Gasteiger partial charge on any atom is 0.0701 e. The van der Waals surface area contributed by atoms with Crippen LogP contribution in [0.15, 0.2) is 0 Å². The lowest BCUT2D eigenvalue weighted by molar-refractivity contribution is -0.0109. The summed E-state index contributed by atoms with van der Waals surface area (Å²) in [6.07, 6.45) is 2.28. The minimum atomic E-state index is 0.591. The number of rotatable bonds is 19. The maximum atomic E-state index is 5.40. The normalized spacial score (nSPS) is 11.2. The van der Waals surface area contributed by atoms with Crippen LogP contribution in [0.2, 0.25) is 0 Å². The third-order valence-electron chi connectivity index (χ3n) is 2.80. The number of likely N-dealkylation sites (N-methyl/N-ethyl adjacent to an activating group) is 1. The Morgan fingerprint density at radius 1 is 0.545 bits per heavy atom. The highest BCUT2D eigenvalue weighted by molar-refractivity contribution is 4.40. The molecule has 0 atom stereocenters. The van der Waals surface area contributed by atoms with Gasteiger partial charge in [0.15, 0.2) is 0 Å². The number of ether oxygens (including phenoxy) is 5. The van der Waals surface area contributed by atoms with Gasteiger partial charge in [-0.3, -0.25) is 0 Å². The van der Waals surface area contributed by atoms with Gasteiger partial charge >= 0.3 is 0 Å². The molecular formula is C16H35NO5. The van der Waals surface area contributed by atoms with E-state index in [1.165, 1.54) is 6.42 Å². The van der Waals surface area contributed by atoms with Gasteiger partial charge in [-0.1, -0.05) is 20.3 Å². The Kier molecular flexibility index (Phi) is 20.5. The molecule has 0 aliphatic rings. The molecule has 0 unspecified atom stereocenters. The smallest absolute Gasteiger partial charge is 0.0701 e. The van der Waals surface area contributed by atoms with Gasteiger partial charge in [0.05, 0.1) is 59.5 Å². The summed E-state index contributed by atoms with van der Waals surface area (Å²) in [5, 5.41) is 3.20. The molecule has 0 aliphatic carbocycles. The zero-order chi connectivity index (χ0) is 16.1. The van der Waals surface area contributed by atoms with E-state index < -0.39 is 0 Å². The second kappa shape index (κ2) is 20.8. The highest BCUT2D eigenvalue weighted by Crippen LogP contribution is 1.88. The van der Waals surface area contributed by atoms with E-state index in [0.29, 0.717) is 52.9 Å². The molecule has 134 valence electrons. The monoisotopic (exact) mass is 321 g/mol. The Labute approximate surface area is 135 Å². The largest absolute Gasteiger partial charge is 0.379 e. The van der Waals surface area contributed by atoms with E-state index in [-0.39, 0.29) is 0 Å². The highest BCUT2D eigenvalue weighted by atomic mass is 16.6. The van der Waals surface area contributed by atoms with Crippen LogP contribution in [0.25, 0.3) is 0 Å². The van der Waals surface area contributed by atoms with Crippen molar-refractivity contribution in [3.63, 3.8) is 0 Å². The SMILES string of the molecule is CCCCOCCOCCOCCOCCOCCNCC. The molecule has 0 spiro atoms. The van der Waals surface area contributed by atoms with Crippen molar-refractivity contribution >= 4 is 0 Å². The molecule has 6 heteroatoms. The van der Waals surface area contributed by atoms with E-state index >= 15 is 0 Å². The van der Waals surface area contributed by atoms with Crippen molar-refractivity contribution in [1.29, 1.82) is 0 Å². The third kappa shape index (κ3) is 19.8. The molecule has 0 rings (SSSR count). The molecule has 0 heterocycles. The van der Waals surface area contributed by atoms with Crippen LogP contribution >= 0.6 is 0 Å². The topological polar surface area (TPSA) is 58.2 Å². The molecule has 22 heavy (non-hydrogen) atoms. The van der Waals surface area contributed by atoms with E-state index in [2.05, 4.69) is 19.2 Å². The van der Waals surface area contributed by atoms with E-state index in [0.717, 1.165) is 32.7 Å². The minimum Gasteiger partial charge on any atom is -0.379 e. The first-order chi connectivity index (χ1) is 10.9. The van der Waals surface area contributed by atoms with Crippen LogP contribution in [0.5, 0.6) is 0 Å². The lowest BCUT2D eigenvalue weighted by Crippen LogP contribution is -2.20. The van der Waals surface area contributed by atoms with Gasteiger partial charge in [0.2, 0.25) is 0 Å². The Morgan fingerprint density at radius 3 is 1.36 bits per heavy atom. The Bertz CT molecular complexity index is 175. The van der Waals surface area contributed by atoms with Gasteiger partial charge in [0.1, 0.15) is 0 Å².